The number of hydrogen-bond acceptors (Lipinski definition) is 5. The molecule has 7 nitrogen and oxygen atoms in total. The van der Waals surface area contributed by atoms with Gasteiger partial charge in [-0.15, -0.1) is 0 Å². The minimum atomic E-state index is -4.98. The number of carbonyl (C=O) groups excluding carboxylic acids is 2. The van der Waals surface area contributed by atoms with E-state index in [1.165, 1.54) is 0 Å². The molecule has 192 valence electrons. The number of esters is 1. The van der Waals surface area contributed by atoms with E-state index in [0.29, 0.717) is 38.0 Å². The fourth-order valence-electron chi connectivity index (χ4n) is 4.68. The summed E-state index contributed by atoms with van der Waals surface area (Å²) < 4.78 is 42.1. The zero-order chi connectivity index (χ0) is 26.0. The lowest BCUT2D eigenvalue weighted by atomic mass is 10.0. The van der Waals surface area contributed by atoms with Crippen molar-refractivity contribution in [1.29, 1.82) is 0 Å². The number of hydrogen-bond donors (Lipinski definition) is 2. The minimum Gasteiger partial charge on any atom is -0.456 e. The normalized spacial score (nSPS) is 16.5. The van der Waals surface area contributed by atoms with Crippen LogP contribution in [0.25, 0.3) is 23.4 Å². The number of H-pyrrole nitrogens is 1. The molecule has 1 saturated heterocycles. The van der Waals surface area contributed by atoms with Crippen LogP contribution in [0.1, 0.15) is 40.2 Å². The summed E-state index contributed by atoms with van der Waals surface area (Å²) in [6.07, 6.45) is 1.24. The van der Waals surface area contributed by atoms with Crippen molar-refractivity contribution in [1.82, 2.24) is 15.3 Å². The number of carbonyl (C=O) groups is 2. The van der Waals surface area contributed by atoms with Gasteiger partial charge in [0.2, 0.25) is 0 Å². The van der Waals surface area contributed by atoms with Gasteiger partial charge in [0.1, 0.15) is 6.10 Å². The summed E-state index contributed by atoms with van der Waals surface area (Å²) >= 11 is 0. The highest BCUT2D eigenvalue weighted by molar-refractivity contribution is 5.97. The number of halogens is 3. The number of rotatable bonds is 5. The number of aromatic amines is 1. The molecule has 0 atom stereocenters. The molecule has 0 aliphatic carbocycles. The van der Waals surface area contributed by atoms with Crippen LogP contribution in [0.4, 0.5) is 18.9 Å². The summed E-state index contributed by atoms with van der Waals surface area (Å²) in [4.78, 5) is 33.1. The lowest BCUT2D eigenvalue weighted by molar-refractivity contribution is -0.205. The van der Waals surface area contributed by atoms with Crippen molar-refractivity contribution >= 4 is 29.7 Å². The van der Waals surface area contributed by atoms with E-state index in [9.17, 15) is 22.8 Å². The highest BCUT2D eigenvalue weighted by Gasteiger charge is 2.42. The molecule has 5 rings (SSSR count). The smallest absolute Gasteiger partial charge is 0.456 e. The molecule has 2 aliphatic rings. The number of alkyl halides is 3. The standard InChI is InChI=1S/C27H25F3N4O3/c28-27(29,30)26(36)37-20-9-13-34(14-10-20)24-4-2-1-3-17(24)5-6-19-15-18(7-11-31-19)23-16-21-22(33-23)8-12-32-25(21)35/h1-7,11,15-16,20,33H,8-10,12-14H2,(H,32,35). The number of aromatic nitrogens is 2. The number of amides is 1. The van der Waals surface area contributed by atoms with Crippen LogP contribution >= 0.6 is 0 Å². The summed E-state index contributed by atoms with van der Waals surface area (Å²) in [6.45, 7) is 1.56. The van der Waals surface area contributed by atoms with E-state index in [1.807, 2.05) is 54.6 Å². The molecule has 10 heteroatoms. The maximum absolute atomic E-state index is 12.5. The van der Waals surface area contributed by atoms with Crippen molar-refractivity contribution in [3.05, 3.63) is 71.2 Å². The second-order valence-electron chi connectivity index (χ2n) is 9.03. The van der Waals surface area contributed by atoms with Crippen LogP contribution in [0.3, 0.4) is 0 Å². The SMILES string of the molecule is O=C1NCCc2[nH]c(-c3ccnc(C=Cc4ccccc4N4CCC(OC(=O)C(F)(F)F)CC4)c3)cc21. The second kappa shape index (κ2) is 10.1. The van der Waals surface area contributed by atoms with Gasteiger partial charge in [0, 0.05) is 67.7 Å². The van der Waals surface area contributed by atoms with E-state index < -0.39 is 18.2 Å². The van der Waals surface area contributed by atoms with Gasteiger partial charge < -0.3 is 19.9 Å². The van der Waals surface area contributed by atoms with Gasteiger partial charge in [-0.25, -0.2) is 4.79 Å². The Kier molecular flexibility index (Phi) is 6.73. The molecule has 0 radical (unpaired) electrons. The zero-order valence-electron chi connectivity index (χ0n) is 19.8. The van der Waals surface area contributed by atoms with E-state index >= 15 is 0 Å². The average Bonchev–Trinajstić information content (AvgIpc) is 3.34. The Labute approximate surface area is 211 Å². The van der Waals surface area contributed by atoms with Crippen LogP contribution in [0.15, 0.2) is 48.7 Å². The van der Waals surface area contributed by atoms with Crippen LogP contribution < -0.4 is 10.2 Å². The third-order valence-corrected chi connectivity index (χ3v) is 6.55. The molecule has 37 heavy (non-hydrogen) atoms. The van der Waals surface area contributed by atoms with Crippen molar-refractivity contribution in [2.75, 3.05) is 24.5 Å². The largest absolute Gasteiger partial charge is 0.490 e. The zero-order valence-corrected chi connectivity index (χ0v) is 19.8. The van der Waals surface area contributed by atoms with E-state index in [4.69, 9.17) is 0 Å². The Morgan fingerprint density at radius 3 is 2.65 bits per heavy atom. The van der Waals surface area contributed by atoms with Crippen LogP contribution in [0.2, 0.25) is 0 Å². The van der Waals surface area contributed by atoms with Crippen molar-refractivity contribution in [2.45, 2.75) is 31.5 Å². The minimum absolute atomic E-state index is 0.0721. The first-order valence-electron chi connectivity index (χ1n) is 12.0. The molecule has 2 aromatic heterocycles. The molecule has 1 amide bonds. The maximum atomic E-state index is 12.5. The van der Waals surface area contributed by atoms with Crippen molar-refractivity contribution in [3.8, 4) is 11.3 Å². The summed E-state index contributed by atoms with van der Waals surface area (Å²) in [5.74, 6) is -2.20. The second-order valence-corrected chi connectivity index (χ2v) is 9.03. The van der Waals surface area contributed by atoms with E-state index in [1.54, 1.807) is 6.20 Å². The van der Waals surface area contributed by atoms with Crippen molar-refractivity contribution in [3.63, 3.8) is 0 Å². The lowest BCUT2D eigenvalue weighted by Crippen LogP contribution is -2.40. The molecule has 3 aromatic rings. The number of pyridine rings is 1. The molecule has 0 unspecified atom stereocenters. The maximum Gasteiger partial charge on any atom is 0.490 e. The third-order valence-electron chi connectivity index (χ3n) is 6.55. The molecule has 1 fully saturated rings. The molecule has 1 aromatic carbocycles. The van der Waals surface area contributed by atoms with Crippen LogP contribution in [-0.4, -0.2) is 53.8 Å². The summed E-state index contributed by atoms with van der Waals surface area (Å²) in [5.41, 5.74) is 5.99. The molecule has 2 N–H and O–H groups in total. The quantitative estimate of drug-likeness (QED) is 0.490. The van der Waals surface area contributed by atoms with Gasteiger partial charge in [0.25, 0.3) is 5.91 Å². The molecule has 4 heterocycles. The molecule has 0 spiro atoms. The first kappa shape index (κ1) is 24.6. The van der Waals surface area contributed by atoms with E-state index in [0.717, 1.165) is 40.3 Å². The fraction of sp³-hybridized carbons (Fsp3) is 0.296. The summed E-state index contributed by atoms with van der Waals surface area (Å²) in [7, 11) is 0. The number of nitrogens with one attached hydrogen (secondary N) is 2. The number of para-hydroxylation sites is 1. The van der Waals surface area contributed by atoms with Gasteiger partial charge in [-0.1, -0.05) is 24.3 Å². The Morgan fingerprint density at radius 1 is 1.11 bits per heavy atom. The van der Waals surface area contributed by atoms with E-state index in [-0.39, 0.29) is 5.91 Å². The van der Waals surface area contributed by atoms with Gasteiger partial charge in [-0.3, -0.25) is 9.78 Å². The van der Waals surface area contributed by atoms with E-state index in [2.05, 4.69) is 24.9 Å². The van der Waals surface area contributed by atoms with Crippen molar-refractivity contribution in [2.24, 2.45) is 0 Å². The first-order valence-corrected chi connectivity index (χ1v) is 12.0. The number of ether oxygens (including phenoxy) is 1. The number of nitrogens with zero attached hydrogens (tertiary/aromatic N) is 2. The number of benzene rings is 1. The topological polar surface area (TPSA) is 87.3 Å². The first-order chi connectivity index (χ1) is 17.8. The lowest BCUT2D eigenvalue weighted by Gasteiger charge is -2.34. The van der Waals surface area contributed by atoms with Gasteiger partial charge in [0.15, 0.2) is 0 Å². The third kappa shape index (κ3) is 5.52. The average molecular weight is 511 g/mol. The van der Waals surface area contributed by atoms with Gasteiger partial charge in [-0.05, 0) is 35.9 Å². The number of anilines is 1. The summed E-state index contributed by atoms with van der Waals surface area (Å²) in [6, 6.07) is 13.4. The molecular weight excluding hydrogens is 485 g/mol. The monoisotopic (exact) mass is 510 g/mol. The van der Waals surface area contributed by atoms with Gasteiger partial charge in [-0.2, -0.15) is 13.2 Å². The summed E-state index contributed by atoms with van der Waals surface area (Å²) in [5, 5.41) is 2.85. The van der Waals surface area contributed by atoms with Gasteiger partial charge in [0.05, 0.1) is 11.3 Å². The highest BCUT2D eigenvalue weighted by Crippen LogP contribution is 2.29. The van der Waals surface area contributed by atoms with Crippen LogP contribution in [0, 0.1) is 0 Å². The fourth-order valence-corrected chi connectivity index (χ4v) is 4.68. The van der Waals surface area contributed by atoms with Gasteiger partial charge >= 0.3 is 12.1 Å². The molecular formula is C27H25F3N4O3. The molecule has 2 aliphatic heterocycles. The van der Waals surface area contributed by atoms with Crippen LogP contribution in [0.5, 0.6) is 0 Å². The Morgan fingerprint density at radius 2 is 1.89 bits per heavy atom. The van der Waals surface area contributed by atoms with Crippen LogP contribution in [-0.2, 0) is 16.0 Å². The molecule has 0 saturated carbocycles. The number of fused-ring (bicyclic) bond motifs is 1. The predicted octanol–water partition coefficient (Wildman–Crippen LogP) is 4.61. The Hall–Kier alpha value is -4.08. The van der Waals surface area contributed by atoms with Crippen molar-refractivity contribution < 1.29 is 27.5 Å². The highest BCUT2D eigenvalue weighted by atomic mass is 19.4. The Balaban J connectivity index is 1.28. The Bertz CT molecular complexity index is 1340. The molecule has 0 bridgehead atoms. The number of piperidine rings is 1. The predicted molar refractivity (Wildman–Crippen MR) is 133 cm³/mol.